The van der Waals surface area contributed by atoms with Crippen molar-refractivity contribution in [3.8, 4) is 0 Å². The highest BCUT2D eigenvalue weighted by atomic mass is 32.2. The van der Waals surface area contributed by atoms with Gasteiger partial charge in [-0.25, -0.2) is 4.99 Å². The van der Waals surface area contributed by atoms with Gasteiger partial charge < -0.3 is 10.2 Å². The Morgan fingerprint density at radius 3 is 2.56 bits per heavy atom. The van der Waals surface area contributed by atoms with E-state index in [-0.39, 0.29) is 17.5 Å². The topological polar surface area (TPSA) is 44.7 Å². The van der Waals surface area contributed by atoms with Gasteiger partial charge in [0, 0.05) is 24.4 Å². The lowest BCUT2D eigenvalue weighted by molar-refractivity contribution is -0.131. The Kier molecular flexibility index (Phi) is 5.50. The van der Waals surface area contributed by atoms with E-state index in [2.05, 4.69) is 24.2 Å². The summed E-state index contributed by atoms with van der Waals surface area (Å²) < 4.78 is 0. The fourth-order valence-electron chi connectivity index (χ4n) is 1.85. The fourth-order valence-corrected chi connectivity index (χ4v) is 3.13. The van der Waals surface area contributed by atoms with Crippen molar-refractivity contribution in [2.75, 3.05) is 18.8 Å². The number of hydrogen-bond acceptors (Lipinski definition) is 3. The van der Waals surface area contributed by atoms with Crippen molar-refractivity contribution < 1.29 is 4.79 Å². The first-order chi connectivity index (χ1) is 8.45. The summed E-state index contributed by atoms with van der Waals surface area (Å²) >= 11 is 1.71. The zero-order valence-corrected chi connectivity index (χ0v) is 12.9. The molecule has 0 aromatic heterocycles. The average molecular weight is 271 g/mol. The van der Waals surface area contributed by atoms with Crippen LogP contribution in [0.2, 0.25) is 0 Å². The van der Waals surface area contributed by atoms with E-state index < -0.39 is 0 Å². The van der Waals surface area contributed by atoms with Crippen LogP contribution in [0.25, 0.3) is 0 Å². The van der Waals surface area contributed by atoms with Crippen LogP contribution in [0.4, 0.5) is 0 Å². The number of rotatable bonds is 5. The molecule has 0 saturated carbocycles. The summed E-state index contributed by atoms with van der Waals surface area (Å²) in [6.07, 6.45) is 1.07. The molecule has 104 valence electrons. The van der Waals surface area contributed by atoms with Crippen LogP contribution >= 0.6 is 11.8 Å². The fraction of sp³-hybridized carbons (Fsp3) is 0.846. The van der Waals surface area contributed by atoms with E-state index in [1.165, 1.54) is 0 Å². The highest BCUT2D eigenvalue weighted by molar-refractivity contribution is 8.14. The second-order valence-corrected chi connectivity index (χ2v) is 5.91. The first kappa shape index (κ1) is 15.3. The molecule has 1 heterocycles. The smallest absolute Gasteiger partial charge is 0.247 e. The standard InChI is InChI=1S/C13H25N3OS/c1-6-13(5)9-18-12(15-13)14-10(4)11(17)16(7-2)8-3/h10H,6-9H2,1-5H3,(H,14,15). The van der Waals surface area contributed by atoms with Crippen molar-refractivity contribution in [1.82, 2.24) is 10.2 Å². The van der Waals surface area contributed by atoms with Gasteiger partial charge in [-0.1, -0.05) is 18.7 Å². The summed E-state index contributed by atoms with van der Waals surface area (Å²) in [5, 5.41) is 4.33. The summed E-state index contributed by atoms with van der Waals surface area (Å²) in [6.45, 7) is 11.7. The number of carbonyl (C=O) groups excluding carboxylic acids is 1. The lowest BCUT2D eigenvalue weighted by Crippen LogP contribution is -2.41. The molecule has 1 fully saturated rings. The van der Waals surface area contributed by atoms with Crippen LogP contribution in [-0.4, -0.2) is 46.4 Å². The van der Waals surface area contributed by atoms with E-state index in [1.54, 1.807) is 11.8 Å². The number of amides is 1. The Morgan fingerprint density at radius 1 is 1.50 bits per heavy atom. The van der Waals surface area contributed by atoms with Gasteiger partial charge in [0.2, 0.25) is 5.91 Å². The number of nitrogens with zero attached hydrogens (tertiary/aromatic N) is 2. The van der Waals surface area contributed by atoms with Crippen molar-refractivity contribution in [2.24, 2.45) is 4.99 Å². The Labute approximate surface area is 115 Å². The SMILES string of the molecule is CCN(CC)C(=O)C(C)N=C1NC(C)(CC)CS1. The van der Waals surface area contributed by atoms with Crippen LogP contribution in [0.5, 0.6) is 0 Å². The minimum atomic E-state index is -0.292. The number of nitrogens with one attached hydrogen (secondary N) is 1. The molecule has 1 N–H and O–H groups in total. The van der Waals surface area contributed by atoms with Crippen LogP contribution < -0.4 is 5.32 Å². The number of carbonyl (C=O) groups is 1. The third-order valence-electron chi connectivity index (χ3n) is 3.46. The van der Waals surface area contributed by atoms with Crippen LogP contribution in [0.3, 0.4) is 0 Å². The van der Waals surface area contributed by atoms with Crippen molar-refractivity contribution in [2.45, 2.75) is 52.6 Å². The van der Waals surface area contributed by atoms with Gasteiger partial charge in [0.15, 0.2) is 5.17 Å². The van der Waals surface area contributed by atoms with Gasteiger partial charge in [0.25, 0.3) is 0 Å². The van der Waals surface area contributed by atoms with Crippen molar-refractivity contribution in [1.29, 1.82) is 0 Å². The molecular weight excluding hydrogens is 246 g/mol. The zero-order valence-electron chi connectivity index (χ0n) is 12.1. The molecule has 2 atom stereocenters. The van der Waals surface area contributed by atoms with Crippen molar-refractivity contribution >= 4 is 22.8 Å². The van der Waals surface area contributed by atoms with E-state index in [9.17, 15) is 4.79 Å². The second-order valence-electron chi connectivity index (χ2n) is 4.95. The molecule has 0 aromatic rings. The quantitative estimate of drug-likeness (QED) is 0.833. The Bertz CT molecular complexity index is 328. The third kappa shape index (κ3) is 3.64. The summed E-state index contributed by atoms with van der Waals surface area (Å²) in [7, 11) is 0. The first-order valence-electron chi connectivity index (χ1n) is 6.73. The highest BCUT2D eigenvalue weighted by Gasteiger charge is 2.31. The van der Waals surface area contributed by atoms with Gasteiger partial charge in [-0.05, 0) is 34.1 Å². The van der Waals surface area contributed by atoms with Crippen LogP contribution in [-0.2, 0) is 4.79 Å². The molecule has 0 bridgehead atoms. The number of likely N-dealkylation sites (N-methyl/N-ethyl adjacent to an activating group) is 1. The number of aliphatic imine (C=N–C) groups is 1. The van der Waals surface area contributed by atoms with Gasteiger partial charge >= 0.3 is 0 Å². The van der Waals surface area contributed by atoms with Crippen LogP contribution in [0.15, 0.2) is 4.99 Å². The summed E-state index contributed by atoms with van der Waals surface area (Å²) in [5.41, 5.74) is 0.126. The van der Waals surface area contributed by atoms with Gasteiger partial charge in [-0.3, -0.25) is 4.79 Å². The van der Waals surface area contributed by atoms with Gasteiger partial charge in [0.05, 0.1) is 0 Å². The van der Waals surface area contributed by atoms with Crippen LogP contribution in [0, 0.1) is 0 Å². The molecule has 4 nitrogen and oxygen atoms in total. The van der Waals surface area contributed by atoms with Gasteiger partial charge in [-0.15, -0.1) is 0 Å². The minimum Gasteiger partial charge on any atom is -0.359 e. The monoisotopic (exact) mass is 271 g/mol. The lowest BCUT2D eigenvalue weighted by atomic mass is 10.0. The Balaban J connectivity index is 2.64. The molecule has 1 aliphatic rings. The van der Waals surface area contributed by atoms with E-state index in [0.29, 0.717) is 0 Å². The molecule has 0 aromatic carbocycles. The third-order valence-corrected chi connectivity index (χ3v) is 4.72. The summed E-state index contributed by atoms with van der Waals surface area (Å²) in [4.78, 5) is 18.4. The van der Waals surface area contributed by atoms with E-state index >= 15 is 0 Å². The normalized spacial score (nSPS) is 27.1. The molecule has 18 heavy (non-hydrogen) atoms. The number of thioether (sulfide) groups is 1. The molecule has 1 aliphatic heterocycles. The molecule has 2 unspecified atom stereocenters. The van der Waals surface area contributed by atoms with E-state index in [4.69, 9.17) is 0 Å². The molecule has 0 radical (unpaired) electrons. The average Bonchev–Trinajstić information content (AvgIpc) is 2.73. The first-order valence-corrected chi connectivity index (χ1v) is 7.71. The molecule has 1 amide bonds. The molecule has 1 saturated heterocycles. The molecule has 5 heteroatoms. The largest absolute Gasteiger partial charge is 0.359 e. The highest BCUT2D eigenvalue weighted by Crippen LogP contribution is 2.25. The molecule has 0 aliphatic carbocycles. The maximum Gasteiger partial charge on any atom is 0.247 e. The predicted molar refractivity (Wildman–Crippen MR) is 79.1 cm³/mol. The van der Waals surface area contributed by atoms with Crippen molar-refractivity contribution in [3.63, 3.8) is 0 Å². The number of amidine groups is 1. The van der Waals surface area contributed by atoms with Crippen LogP contribution in [0.1, 0.15) is 41.0 Å². The molecule has 1 rings (SSSR count). The van der Waals surface area contributed by atoms with Gasteiger partial charge in [0.1, 0.15) is 6.04 Å². The summed E-state index contributed by atoms with van der Waals surface area (Å²) in [5.74, 6) is 1.13. The lowest BCUT2D eigenvalue weighted by Gasteiger charge is -2.22. The van der Waals surface area contributed by atoms with Gasteiger partial charge in [-0.2, -0.15) is 0 Å². The second kappa shape index (κ2) is 6.45. The molecule has 0 spiro atoms. The zero-order chi connectivity index (χ0) is 13.8. The van der Waals surface area contributed by atoms with E-state index in [1.807, 2.05) is 25.7 Å². The Hall–Kier alpha value is -0.710. The maximum atomic E-state index is 12.1. The minimum absolute atomic E-state index is 0.111. The number of hydrogen-bond donors (Lipinski definition) is 1. The van der Waals surface area contributed by atoms with Crippen molar-refractivity contribution in [3.05, 3.63) is 0 Å². The Morgan fingerprint density at radius 2 is 2.11 bits per heavy atom. The van der Waals surface area contributed by atoms with E-state index in [0.717, 1.165) is 30.4 Å². The predicted octanol–water partition coefficient (Wildman–Crippen LogP) is 2.10. The molecular formula is C13H25N3OS. The maximum absolute atomic E-state index is 12.1. The summed E-state index contributed by atoms with van der Waals surface area (Å²) in [6, 6.07) is -0.292.